The summed E-state index contributed by atoms with van der Waals surface area (Å²) in [7, 11) is 0. The molecule has 0 spiro atoms. The number of halogens is 3. The average Bonchev–Trinajstić information content (AvgIpc) is 2.96. The van der Waals surface area contributed by atoms with Crippen LogP contribution in [0.1, 0.15) is 18.4 Å². The lowest BCUT2D eigenvalue weighted by Crippen LogP contribution is -2.37. The zero-order valence-electron chi connectivity index (χ0n) is 9.63. The topological polar surface area (TPSA) is 20.3 Å². The summed E-state index contributed by atoms with van der Waals surface area (Å²) in [4.78, 5) is 14.1. The molecular weight excluding hydrogens is 293 g/mol. The maximum absolute atomic E-state index is 12.3. The van der Waals surface area contributed by atoms with Crippen molar-refractivity contribution in [1.82, 2.24) is 0 Å². The van der Waals surface area contributed by atoms with E-state index >= 15 is 0 Å². The predicted molar refractivity (Wildman–Crippen MR) is 74.7 cm³/mol. The Labute approximate surface area is 121 Å². The number of carbonyl (C=O) groups excluding carboxylic acids is 1. The normalized spacial score (nSPS) is 24.6. The summed E-state index contributed by atoms with van der Waals surface area (Å²) in [5.41, 5.74) is 2.07. The Morgan fingerprint density at radius 3 is 2.78 bits per heavy atom. The SMILES string of the molecule is O=C(C1CC1(Cl)Cl)N1CCCc2cc(Cl)ccc21. The van der Waals surface area contributed by atoms with Crippen molar-refractivity contribution < 1.29 is 4.79 Å². The molecule has 1 fully saturated rings. The first-order valence-corrected chi connectivity index (χ1v) is 7.10. The fourth-order valence-electron chi connectivity index (χ4n) is 2.46. The Bertz CT molecular complexity index is 515. The minimum Gasteiger partial charge on any atom is -0.312 e. The lowest BCUT2D eigenvalue weighted by atomic mass is 10.0. The maximum atomic E-state index is 12.3. The highest BCUT2D eigenvalue weighted by molar-refractivity contribution is 6.52. The van der Waals surface area contributed by atoms with Crippen LogP contribution in [0.4, 0.5) is 5.69 Å². The van der Waals surface area contributed by atoms with E-state index in [-0.39, 0.29) is 11.8 Å². The Morgan fingerprint density at radius 2 is 2.11 bits per heavy atom. The fraction of sp³-hybridized carbons (Fsp3) is 0.462. The van der Waals surface area contributed by atoms with Crippen molar-refractivity contribution in [1.29, 1.82) is 0 Å². The molecule has 1 aliphatic carbocycles. The van der Waals surface area contributed by atoms with Gasteiger partial charge in [-0.2, -0.15) is 0 Å². The van der Waals surface area contributed by atoms with Gasteiger partial charge in [0.2, 0.25) is 5.91 Å². The van der Waals surface area contributed by atoms with Crippen molar-refractivity contribution in [2.75, 3.05) is 11.4 Å². The van der Waals surface area contributed by atoms with Crippen LogP contribution in [-0.4, -0.2) is 16.8 Å². The van der Waals surface area contributed by atoms with Crippen molar-refractivity contribution in [2.24, 2.45) is 5.92 Å². The molecule has 0 saturated heterocycles. The Morgan fingerprint density at radius 1 is 1.39 bits per heavy atom. The highest BCUT2D eigenvalue weighted by Crippen LogP contribution is 2.54. The molecule has 0 aromatic heterocycles. The third-order valence-electron chi connectivity index (χ3n) is 3.55. The number of hydrogen-bond acceptors (Lipinski definition) is 1. The first kappa shape index (κ1) is 12.6. The van der Waals surface area contributed by atoms with Gasteiger partial charge in [0.05, 0.1) is 5.92 Å². The summed E-state index contributed by atoms with van der Waals surface area (Å²) < 4.78 is -0.860. The number of hydrogen-bond donors (Lipinski definition) is 0. The second kappa shape index (κ2) is 4.29. The van der Waals surface area contributed by atoms with Gasteiger partial charge in [-0.25, -0.2) is 0 Å². The second-order valence-corrected chi connectivity index (χ2v) is 6.86. The van der Waals surface area contributed by atoms with Gasteiger partial charge < -0.3 is 4.90 Å². The van der Waals surface area contributed by atoms with Crippen LogP contribution in [0.3, 0.4) is 0 Å². The molecule has 0 bridgehead atoms. The van der Waals surface area contributed by atoms with E-state index in [1.165, 1.54) is 0 Å². The van der Waals surface area contributed by atoms with E-state index in [2.05, 4.69) is 0 Å². The lowest BCUT2D eigenvalue weighted by molar-refractivity contribution is -0.119. The highest BCUT2D eigenvalue weighted by atomic mass is 35.5. The molecule has 96 valence electrons. The Hall–Kier alpha value is -0.440. The summed E-state index contributed by atoms with van der Waals surface area (Å²) in [6.07, 6.45) is 2.45. The molecule has 1 aliphatic heterocycles. The van der Waals surface area contributed by atoms with Gasteiger partial charge in [0.25, 0.3) is 0 Å². The largest absolute Gasteiger partial charge is 0.312 e. The summed E-state index contributed by atoms with van der Waals surface area (Å²) in [5, 5.41) is 0.707. The molecule has 0 radical (unpaired) electrons. The summed E-state index contributed by atoms with van der Waals surface area (Å²) in [6, 6.07) is 5.65. The number of alkyl halides is 2. The zero-order valence-corrected chi connectivity index (χ0v) is 11.9. The van der Waals surface area contributed by atoms with Crippen LogP contribution in [0.25, 0.3) is 0 Å². The van der Waals surface area contributed by atoms with E-state index in [1.54, 1.807) is 4.90 Å². The van der Waals surface area contributed by atoms with Gasteiger partial charge in [0.15, 0.2) is 0 Å². The average molecular weight is 305 g/mol. The van der Waals surface area contributed by atoms with E-state index in [0.29, 0.717) is 11.4 Å². The maximum Gasteiger partial charge on any atom is 0.233 e. The summed E-state index contributed by atoms with van der Waals surface area (Å²) >= 11 is 17.9. The van der Waals surface area contributed by atoms with Gasteiger partial charge in [-0.1, -0.05) is 11.6 Å². The third-order valence-corrected chi connectivity index (χ3v) is 4.62. The minimum absolute atomic E-state index is 0.0308. The molecule has 1 amide bonds. The van der Waals surface area contributed by atoms with Gasteiger partial charge >= 0.3 is 0 Å². The number of nitrogens with zero attached hydrogens (tertiary/aromatic N) is 1. The number of anilines is 1. The van der Waals surface area contributed by atoms with E-state index in [9.17, 15) is 4.79 Å². The number of amides is 1. The number of fused-ring (bicyclic) bond motifs is 1. The third kappa shape index (κ3) is 2.11. The first-order valence-electron chi connectivity index (χ1n) is 5.97. The van der Waals surface area contributed by atoms with E-state index in [0.717, 1.165) is 30.6 Å². The predicted octanol–water partition coefficient (Wildman–Crippen LogP) is 3.81. The van der Waals surface area contributed by atoms with Crippen LogP contribution >= 0.6 is 34.8 Å². The lowest BCUT2D eigenvalue weighted by Gasteiger charge is -2.30. The van der Waals surface area contributed by atoms with Crippen LogP contribution in [0.2, 0.25) is 5.02 Å². The van der Waals surface area contributed by atoms with Gasteiger partial charge in [-0.15, -0.1) is 23.2 Å². The van der Waals surface area contributed by atoms with Crippen LogP contribution < -0.4 is 4.90 Å². The molecule has 18 heavy (non-hydrogen) atoms. The molecule has 2 aliphatic rings. The summed E-state index contributed by atoms with van der Waals surface area (Å²) in [6.45, 7) is 0.730. The van der Waals surface area contributed by atoms with Crippen LogP contribution in [0, 0.1) is 5.92 Å². The van der Waals surface area contributed by atoms with Crippen molar-refractivity contribution in [3.8, 4) is 0 Å². The minimum atomic E-state index is -0.860. The smallest absolute Gasteiger partial charge is 0.233 e. The number of rotatable bonds is 1. The number of carbonyl (C=O) groups is 1. The Balaban J connectivity index is 1.90. The monoisotopic (exact) mass is 303 g/mol. The van der Waals surface area contributed by atoms with Crippen LogP contribution in [-0.2, 0) is 11.2 Å². The van der Waals surface area contributed by atoms with Gasteiger partial charge in [0, 0.05) is 17.3 Å². The summed E-state index contributed by atoms with van der Waals surface area (Å²) in [5.74, 6) is -0.231. The van der Waals surface area contributed by atoms with E-state index in [4.69, 9.17) is 34.8 Å². The number of benzene rings is 1. The molecule has 0 N–H and O–H groups in total. The molecule has 1 aromatic carbocycles. The standard InChI is InChI=1S/C13H12Cl3NO/c14-9-3-4-11-8(6-9)2-1-5-17(11)12(18)10-7-13(10,15)16/h3-4,6,10H,1-2,5,7H2. The van der Waals surface area contributed by atoms with E-state index in [1.807, 2.05) is 18.2 Å². The van der Waals surface area contributed by atoms with Crippen molar-refractivity contribution in [3.05, 3.63) is 28.8 Å². The quantitative estimate of drug-likeness (QED) is 0.722. The van der Waals surface area contributed by atoms with Crippen molar-refractivity contribution in [3.63, 3.8) is 0 Å². The molecule has 3 rings (SSSR count). The molecular formula is C13H12Cl3NO. The molecule has 1 unspecified atom stereocenters. The Kier molecular flexibility index (Phi) is 3.00. The van der Waals surface area contributed by atoms with Crippen LogP contribution in [0.15, 0.2) is 18.2 Å². The molecule has 1 aromatic rings. The zero-order chi connectivity index (χ0) is 12.9. The second-order valence-electron chi connectivity index (χ2n) is 4.88. The molecule has 2 nitrogen and oxygen atoms in total. The molecule has 5 heteroatoms. The van der Waals surface area contributed by atoms with Gasteiger partial charge in [0.1, 0.15) is 4.33 Å². The van der Waals surface area contributed by atoms with Crippen molar-refractivity contribution >= 4 is 46.4 Å². The fourth-order valence-corrected chi connectivity index (χ4v) is 3.15. The van der Waals surface area contributed by atoms with Crippen LogP contribution in [0.5, 0.6) is 0 Å². The van der Waals surface area contributed by atoms with Gasteiger partial charge in [-0.05, 0) is 43.0 Å². The molecule has 1 heterocycles. The van der Waals surface area contributed by atoms with Gasteiger partial charge in [-0.3, -0.25) is 4.79 Å². The molecule has 1 atom stereocenters. The van der Waals surface area contributed by atoms with E-state index < -0.39 is 4.33 Å². The first-order chi connectivity index (χ1) is 8.49. The van der Waals surface area contributed by atoms with Crippen molar-refractivity contribution in [2.45, 2.75) is 23.6 Å². The number of aryl methyl sites for hydroxylation is 1. The highest BCUT2D eigenvalue weighted by Gasteiger charge is 2.57. The molecule has 1 saturated carbocycles.